The van der Waals surface area contributed by atoms with Crippen LogP contribution < -0.4 is 5.32 Å². The van der Waals surface area contributed by atoms with Gasteiger partial charge in [0.15, 0.2) is 0 Å². The van der Waals surface area contributed by atoms with Crippen molar-refractivity contribution in [3.05, 3.63) is 29.8 Å². The summed E-state index contributed by atoms with van der Waals surface area (Å²) < 4.78 is 0. The summed E-state index contributed by atoms with van der Waals surface area (Å²) in [5.41, 5.74) is 1.97. The normalized spacial score (nSPS) is 9.92. The van der Waals surface area contributed by atoms with E-state index >= 15 is 0 Å². The Balaban J connectivity index is 2.89. The molecule has 0 aliphatic carbocycles. The Hall–Kier alpha value is -1.31. The van der Waals surface area contributed by atoms with Gasteiger partial charge in [0.2, 0.25) is 0 Å². The zero-order valence-corrected chi connectivity index (χ0v) is 7.46. The highest BCUT2D eigenvalue weighted by Gasteiger charge is 1.98. The minimum atomic E-state index is 0.408. The van der Waals surface area contributed by atoms with E-state index in [1.807, 2.05) is 24.3 Å². The van der Waals surface area contributed by atoms with Gasteiger partial charge >= 0.3 is 0 Å². The molecule has 2 N–H and O–H groups in total. The van der Waals surface area contributed by atoms with Crippen molar-refractivity contribution in [1.82, 2.24) is 0 Å². The van der Waals surface area contributed by atoms with Gasteiger partial charge in [0, 0.05) is 23.5 Å². The Morgan fingerprint density at radius 1 is 1.33 bits per heavy atom. The molecule has 0 unspecified atom stereocenters. The Labute approximate surface area is 73.1 Å². The van der Waals surface area contributed by atoms with Crippen LogP contribution in [0, 0.1) is 5.41 Å². The molecule has 0 fully saturated rings. The second-order valence-electron chi connectivity index (χ2n) is 3.03. The number of nitrogens with one attached hydrogen (secondary N) is 2. The van der Waals surface area contributed by atoms with Crippen LogP contribution in [0.2, 0.25) is 0 Å². The summed E-state index contributed by atoms with van der Waals surface area (Å²) in [6.07, 6.45) is 1.37. The monoisotopic (exact) mass is 162 g/mol. The highest BCUT2D eigenvalue weighted by atomic mass is 14.9. The van der Waals surface area contributed by atoms with Crippen LogP contribution in [0.4, 0.5) is 5.69 Å². The van der Waals surface area contributed by atoms with Crippen molar-refractivity contribution in [3.63, 3.8) is 0 Å². The van der Waals surface area contributed by atoms with Crippen LogP contribution in [0.1, 0.15) is 19.4 Å². The van der Waals surface area contributed by atoms with Crippen LogP contribution in [-0.2, 0) is 0 Å². The zero-order chi connectivity index (χ0) is 8.97. The van der Waals surface area contributed by atoms with Crippen LogP contribution in [0.15, 0.2) is 24.3 Å². The number of benzene rings is 1. The van der Waals surface area contributed by atoms with E-state index in [0.29, 0.717) is 6.04 Å². The maximum Gasteiger partial charge on any atom is 0.0431 e. The van der Waals surface area contributed by atoms with Crippen molar-refractivity contribution in [2.45, 2.75) is 19.9 Å². The van der Waals surface area contributed by atoms with Gasteiger partial charge in [-0.3, -0.25) is 0 Å². The lowest BCUT2D eigenvalue weighted by atomic mass is 10.2. The summed E-state index contributed by atoms with van der Waals surface area (Å²) in [7, 11) is 0. The van der Waals surface area contributed by atoms with Gasteiger partial charge in [-0.2, -0.15) is 0 Å². The topological polar surface area (TPSA) is 35.9 Å². The Morgan fingerprint density at radius 3 is 2.58 bits per heavy atom. The predicted octanol–water partition coefficient (Wildman–Crippen LogP) is 2.50. The van der Waals surface area contributed by atoms with E-state index in [1.54, 1.807) is 0 Å². The molecule has 64 valence electrons. The van der Waals surface area contributed by atoms with E-state index in [9.17, 15) is 0 Å². The summed E-state index contributed by atoms with van der Waals surface area (Å²) in [5, 5.41) is 10.4. The zero-order valence-electron chi connectivity index (χ0n) is 7.46. The average molecular weight is 162 g/mol. The third-order valence-corrected chi connectivity index (χ3v) is 1.56. The summed E-state index contributed by atoms with van der Waals surface area (Å²) in [6.45, 7) is 4.17. The van der Waals surface area contributed by atoms with E-state index in [4.69, 9.17) is 5.41 Å². The lowest BCUT2D eigenvalue weighted by molar-refractivity contribution is 0.899. The van der Waals surface area contributed by atoms with E-state index < -0.39 is 0 Å². The molecular formula is C10H14N2. The van der Waals surface area contributed by atoms with Crippen molar-refractivity contribution in [1.29, 1.82) is 5.41 Å². The molecule has 2 heteroatoms. The molecule has 1 aromatic carbocycles. The molecule has 0 saturated carbocycles. The first-order valence-electron chi connectivity index (χ1n) is 4.10. The Morgan fingerprint density at radius 2 is 2.00 bits per heavy atom. The highest BCUT2D eigenvalue weighted by molar-refractivity contribution is 5.85. The molecular weight excluding hydrogens is 148 g/mol. The van der Waals surface area contributed by atoms with Gasteiger partial charge < -0.3 is 10.7 Å². The van der Waals surface area contributed by atoms with Gasteiger partial charge in [0.05, 0.1) is 0 Å². The van der Waals surface area contributed by atoms with Crippen molar-refractivity contribution in [3.8, 4) is 0 Å². The second-order valence-corrected chi connectivity index (χ2v) is 3.03. The molecule has 0 saturated heterocycles. The van der Waals surface area contributed by atoms with Gasteiger partial charge in [-0.25, -0.2) is 0 Å². The quantitative estimate of drug-likeness (QED) is 0.658. The van der Waals surface area contributed by atoms with Gasteiger partial charge in [-0.15, -0.1) is 0 Å². The molecule has 1 rings (SSSR count). The molecule has 0 amide bonds. The Bertz CT molecular complexity index is 266. The van der Waals surface area contributed by atoms with Gasteiger partial charge in [-0.1, -0.05) is 18.2 Å². The van der Waals surface area contributed by atoms with Gasteiger partial charge in [0.1, 0.15) is 0 Å². The number of hydrogen-bond donors (Lipinski definition) is 2. The summed E-state index contributed by atoms with van der Waals surface area (Å²) in [4.78, 5) is 0. The first kappa shape index (κ1) is 8.78. The SMILES string of the molecule is CC(C)Nc1ccccc1C=N. The molecule has 12 heavy (non-hydrogen) atoms. The molecule has 0 aromatic heterocycles. The van der Waals surface area contributed by atoms with Gasteiger partial charge in [-0.05, 0) is 19.9 Å². The predicted molar refractivity (Wildman–Crippen MR) is 53.1 cm³/mol. The molecule has 0 aliphatic heterocycles. The number of anilines is 1. The molecule has 1 aromatic rings. The molecule has 2 nitrogen and oxygen atoms in total. The van der Waals surface area contributed by atoms with E-state index in [2.05, 4.69) is 19.2 Å². The summed E-state index contributed by atoms with van der Waals surface area (Å²) >= 11 is 0. The lowest BCUT2D eigenvalue weighted by Gasteiger charge is -2.11. The molecule has 0 spiro atoms. The number of rotatable bonds is 3. The fourth-order valence-corrected chi connectivity index (χ4v) is 1.07. The minimum Gasteiger partial charge on any atom is -0.382 e. The van der Waals surface area contributed by atoms with Crippen LogP contribution >= 0.6 is 0 Å². The smallest absolute Gasteiger partial charge is 0.0431 e. The van der Waals surface area contributed by atoms with Crippen LogP contribution in [-0.4, -0.2) is 12.3 Å². The van der Waals surface area contributed by atoms with E-state index in [0.717, 1.165) is 11.3 Å². The molecule has 0 aliphatic rings. The third-order valence-electron chi connectivity index (χ3n) is 1.56. The number of para-hydroxylation sites is 1. The first-order valence-corrected chi connectivity index (χ1v) is 4.10. The first-order chi connectivity index (χ1) is 5.74. The van der Waals surface area contributed by atoms with Crippen molar-refractivity contribution in [2.75, 3.05) is 5.32 Å². The van der Waals surface area contributed by atoms with Crippen molar-refractivity contribution < 1.29 is 0 Å². The van der Waals surface area contributed by atoms with Crippen molar-refractivity contribution in [2.24, 2.45) is 0 Å². The second kappa shape index (κ2) is 3.90. The van der Waals surface area contributed by atoms with Crippen LogP contribution in [0.25, 0.3) is 0 Å². The molecule has 0 atom stereocenters. The highest BCUT2D eigenvalue weighted by Crippen LogP contribution is 2.13. The maximum absolute atomic E-state index is 7.16. The largest absolute Gasteiger partial charge is 0.382 e. The molecule has 0 bridgehead atoms. The van der Waals surface area contributed by atoms with E-state index in [1.165, 1.54) is 6.21 Å². The molecule has 0 heterocycles. The third kappa shape index (κ3) is 2.09. The van der Waals surface area contributed by atoms with Gasteiger partial charge in [0.25, 0.3) is 0 Å². The summed E-state index contributed by atoms with van der Waals surface area (Å²) in [6, 6.07) is 8.23. The Kier molecular flexibility index (Phi) is 2.86. The molecule has 0 radical (unpaired) electrons. The lowest BCUT2D eigenvalue weighted by Crippen LogP contribution is -2.11. The van der Waals surface area contributed by atoms with Crippen LogP contribution in [0.3, 0.4) is 0 Å². The van der Waals surface area contributed by atoms with Crippen molar-refractivity contribution >= 4 is 11.9 Å². The maximum atomic E-state index is 7.16. The van der Waals surface area contributed by atoms with E-state index in [-0.39, 0.29) is 0 Å². The average Bonchev–Trinajstić information content (AvgIpc) is 2.04. The fourth-order valence-electron chi connectivity index (χ4n) is 1.07. The fraction of sp³-hybridized carbons (Fsp3) is 0.300. The minimum absolute atomic E-state index is 0.408. The van der Waals surface area contributed by atoms with Crippen LogP contribution in [0.5, 0.6) is 0 Å². The summed E-state index contributed by atoms with van der Waals surface area (Å²) in [5.74, 6) is 0. The number of hydrogen-bond acceptors (Lipinski definition) is 2. The standard InChI is InChI=1S/C10H14N2/c1-8(2)12-10-6-4-3-5-9(10)7-11/h3-8,11-12H,1-2H3.